The Hall–Kier alpha value is -2.04. The Morgan fingerprint density at radius 3 is 2.24 bits per heavy atom. The zero-order valence-corrected chi connectivity index (χ0v) is 10.0. The molecule has 0 unspecified atom stereocenters. The monoisotopic (exact) mass is 237 g/mol. The van der Waals surface area contributed by atoms with Gasteiger partial charge in [0.15, 0.2) is 6.61 Å². The number of carboxylic acids is 1. The van der Waals surface area contributed by atoms with Gasteiger partial charge < -0.3 is 15.2 Å². The lowest BCUT2D eigenvalue weighted by molar-refractivity contribution is -0.122. The average molecular weight is 237 g/mol. The summed E-state index contributed by atoms with van der Waals surface area (Å²) < 4.78 is 5.35. The maximum Gasteiger partial charge on any atom is 0.335 e. The van der Waals surface area contributed by atoms with Crippen molar-refractivity contribution in [2.24, 2.45) is 0 Å². The van der Waals surface area contributed by atoms with Gasteiger partial charge in [0.25, 0.3) is 5.91 Å². The number of benzene rings is 1. The number of amides is 1. The third kappa shape index (κ3) is 3.21. The van der Waals surface area contributed by atoms with Crippen LogP contribution in [-0.2, 0) is 4.79 Å². The summed E-state index contributed by atoms with van der Waals surface area (Å²) in [4.78, 5) is 21.9. The molecule has 0 heterocycles. The fourth-order valence-electron chi connectivity index (χ4n) is 1.51. The van der Waals surface area contributed by atoms with Crippen LogP contribution in [-0.4, -0.2) is 30.6 Å². The lowest BCUT2D eigenvalue weighted by Gasteiger charge is -2.12. The Kier molecular flexibility index (Phi) is 4.09. The number of ether oxygens (including phenoxy) is 1. The third-order valence-corrected chi connectivity index (χ3v) is 2.33. The number of nitrogens with one attached hydrogen (secondary N) is 1. The molecule has 0 bridgehead atoms. The predicted molar refractivity (Wildman–Crippen MR) is 62.4 cm³/mol. The highest BCUT2D eigenvalue weighted by Crippen LogP contribution is 2.24. The molecule has 0 fully saturated rings. The van der Waals surface area contributed by atoms with Crippen molar-refractivity contribution in [3.63, 3.8) is 0 Å². The van der Waals surface area contributed by atoms with Gasteiger partial charge in [-0.2, -0.15) is 0 Å². The average Bonchev–Trinajstić information content (AvgIpc) is 2.27. The standard InChI is InChI=1S/C12H15NO4/c1-7-4-9(12(15)16)5-8(2)11(7)17-6-10(14)13-3/h4-5H,6H2,1-3H3,(H,13,14)(H,15,16). The van der Waals surface area contributed by atoms with Crippen molar-refractivity contribution in [1.29, 1.82) is 0 Å². The van der Waals surface area contributed by atoms with Gasteiger partial charge in [0.1, 0.15) is 5.75 Å². The Morgan fingerprint density at radius 1 is 1.29 bits per heavy atom. The summed E-state index contributed by atoms with van der Waals surface area (Å²) in [5.41, 5.74) is 1.62. The smallest absolute Gasteiger partial charge is 0.335 e. The van der Waals surface area contributed by atoms with E-state index in [0.717, 1.165) is 0 Å². The van der Waals surface area contributed by atoms with Gasteiger partial charge in [-0.3, -0.25) is 4.79 Å². The van der Waals surface area contributed by atoms with Gasteiger partial charge in [-0.15, -0.1) is 0 Å². The highest BCUT2D eigenvalue weighted by Gasteiger charge is 2.11. The molecule has 5 nitrogen and oxygen atoms in total. The summed E-state index contributed by atoms with van der Waals surface area (Å²) in [5, 5.41) is 11.3. The molecule has 1 aromatic carbocycles. The topological polar surface area (TPSA) is 75.6 Å². The van der Waals surface area contributed by atoms with Crippen molar-refractivity contribution in [1.82, 2.24) is 5.32 Å². The van der Waals surface area contributed by atoms with Crippen LogP contribution in [0.5, 0.6) is 5.75 Å². The van der Waals surface area contributed by atoms with Crippen LogP contribution in [0.2, 0.25) is 0 Å². The molecule has 1 rings (SSSR count). The van der Waals surface area contributed by atoms with Crippen molar-refractivity contribution in [2.45, 2.75) is 13.8 Å². The summed E-state index contributed by atoms with van der Waals surface area (Å²) in [6, 6.07) is 3.04. The van der Waals surface area contributed by atoms with Crippen molar-refractivity contribution >= 4 is 11.9 Å². The number of rotatable bonds is 4. The minimum atomic E-state index is -0.978. The molecule has 17 heavy (non-hydrogen) atoms. The van der Waals surface area contributed by atoms with E-state index < -0.39 is 5.97 Å². The molecule has 5 heteroatoms. The molecular weight excluding hydrogens is 222 g/mol. The summed E-state index contributed by atoms with van der Waals surface area (Å²) in [6.07, 6.45) is 0. The molecule has 0 aliphatic rings. The molecule has 0 radical (unpaired) electrons. The van der Waals surface area contributed by atoms with Gasteiger partial charge in [0, 0.05) is 7.05 Å². The number of likely N-dealkylation sites (N-methyl/N-ethyl adjacent to an activating group) is 1. The minimum Gasteiger partial charge on any atom is -0.483 e. The fraction of sp³-hybridized carbons (Fsp3) is 0.333. The summed E-state index contributed by atoms with van der Waals surface area (Å²) in [6.45, 7) is 3.42. The molecule has 0 aliphatic carbocycles. The second-order valence-electron chi connectivity index (χ2n) is 3.71. The van der Waals surface area contributed by atoms with E-state index in [2.05, 4.69) is 5.32 Å². The van der Waals surface area contributed by atoms with E-state index in [1.165, 1.54) is 19.2 Å². The fourth-order valence-corrected chi connectivity index (χ4v) is 1.51. The van der Waals surface area contributed by atoms with E-state index in [0.29, 0.717) is 16.9 Å². The van der Waals surface area contributed by atoms with Crippen molar-refractivity contribution in [2.75, 3.05) is 13.7 Å². The third-order valence-electron chi connectivity index (χ3n) is 2.33. The minimum absolute atomic E-state index is 0.0788. The van der Waals surface area contributed by atoms with Crippen molar-refractivity contribution in [3.05, 3.63) is 28.8 Å². The number of carbonyl (C=O) groups excluding carboxylic acids is 1. The van der Waals surface area contributed by atoms with Crippen LogP contribution in [0.4, 0.5) is 0 Å². The van der Waals surface area contributed by atoms with Gasteiger partial charge >= 0.3 is 5.97 Å². The Bertz CT molecular complexity index is 431. The lowest BCUT2D eigenvalue weighted by Crippen LogP contribution is -2.25. The van der Waals surface area contributed by atoms with Gasteiger partial charge in [-0.1, -0.05) is 0 Å². The maximum absolute atomic E-state index is 11.1. The van der Waals surface area contributed by atoms with Crippen molar-refractivity contribution in [3.8, 4) is 5.75 Å². The molecule has 0 aliphatic heterocycles. The van der Waals surface area contributed by atoms with Gasteiger partial charge in [0.2, 0.25) is 0 Å². The van der Waals surface area contributed by atoms with E-state index in [9.17, 15) is 9.59 Å². The summed E-state index contributed by atoms with van der Waals surface area (Å²) >= 11 is 0. The first-order valence-electron chi connectivity index (χ1n) is 5.13. The molecule has 0 spiro atoms. The van der Waals surface area contributed by atoms with Crippen LogP contribution in [0.25, 0.3) is 0 Å². The van der Waals surface area contributed by atoms with Crippen LogP contribution in [0.3, 0.4) is 0 Å². The van der Waals surface area contributed by atoms with Crippen LogP contribution in [0.1, 0.15) is 21.5 Å². The predicted octanol–water partition coefficient (Wildman–Crippen LogP) is 1.13. The number of aryl methyl sites for hydroxylation is 2. The maximum atomic E-state index is 11.1. The number of carboxylic acid groups (broad SMARTS) is 1. The second-order valence-corrected chi connectivity index (χ2v) is 3.71. The zero-order valence-electron chi connectivity index (χ0n) is 10.0. The van der Waals surface area contributed by atoms with E-state index in [4.69, 9.17) is 9.84 Å². The van der Waals surface area contributed by atoms with Crippen LogP contribution < -0.4 is 10.1 Å². The number of hydrogen-bond donors (Lipinski definition) is 2. The Balaban J connectivity index is 2.94. The summed E-state index contributed by atoms with van der Waals surface area (Å²) in [7, 11) is 1.53. The van der Waals surface area contributed by atoms with E-state index in [1.54, 1.807) is 13.8 Å². The first-order valence-corrected chi connectivity index (χ1v) is 5.13. The number of aromatic carboxylic acids is 1. The molecule has 2 N–H and O–H groups in total. The van der Waals surface area contributed by atoms with Crippen LogP contribution in [0, 0.1) is 13.8 Å². The van der Waals surface area contributed by atoms with E-state index in [-0.39, 0.29) is 18.1 Å². The molecular formula is C12H15NO4. The van der Waals surface area contributed by atoms with Gasteiger partial charge in [-0.05, 0) is 37.1 Å². The molecule has 0 atom stereocenters. The number of carbonyl (C=O) groups is 2. The lowest BCUT2D eigenvalue weighted by atomic mass is 10.1. The summed E-state index contributed by atoms with van der Waals surface area (Å²) in [5.74, 6) is -0.654. The quantitative estimate of drug-likeness (QED) is 0.823. The molecule has 1 aromatic rings. The Labute approximate surface area is 99.4 Å². The largest absolute Gasteiger partial charge is 0.483 e. The normalized spacial score (nSPS) is 9.82. The molecule has 0 saturated carbocycles. The first kappa shape index (κ1) is 13.0. The van der Waals surface area contributed by atoms with Crippen molar-refractivity contribution < 1.29 is 19.4 Å². The number of hydrogen-bond acceptors (Lipinski definition) is 3. The molecule has 0 aromatic heterocycles. The first-order chi connectivity index (χ1) is 7.95. The highest BCUT2D eigenvalue weighted by molar-refractivity contribution is 5.88. The zero-order chi connectivity index (χ0) is 13.0. The Morgan fingerprint density at radius 2 is 1.82 bits per heavy atom. The molecule has 0 saturated heterocycles. The highest BCUT2D eigenvalue weighted by atomic mass is 16.5. The van der Waals surface area contributed by atoms with Crippen LogP contribution >= 0.6 is 0 Å². The van der Waals surface area contributed by atoms with Gasteiger partial charge in [-0.25, -0.2) is 4.79 Å². The van der Waals surface area contributed by atoms with Crippen LogP contribution in [0.15, 0.2) is 12.1 Å². The molecule has 92 valence electrons. The second kappa shape index (κ2) is 5.34. The molecule has 1 amide bonds. The van der Waals surface area contributed by atoms with E-state index >= 15 is 0 Å². The SMILES string of the molecule is CNC(=O)COc1c(C)cc(C(=O)O)cc1C. The van der Waals surface area contributed by atoms with Gasteiger partial charge in [0.05, 0.1) is 5.56 Å². The van der Waals surface area contributed by atoms with E-state index in [1.807, 2.05) is 0 Å².